The molecule has 184 valence electrons. The summed E-state index contributed by atoms with van der Waals surface area (Å²) in [6.07, 6.45) is 4.93. The second-order valence-corrected chi connectivity index (χ2v) is 11.0. The van der Waals surface area contributed by atoms with Gasteiger partial charge in [-0.1, -0.05) is 24.3 Å². The summed E-state index contributed by atoms with van der Waals surface area (Å²) < 4.78 is 28.8. The Morgan fingerprint density at radius 2 is 1.86 bits per heavy atom. The number of nitrogens with one attached hydrogen (secondary N) is 1. The minimum atomic E-state index is -3.78. The second kappa shape index (κ2) is 10.0. The van der Waals surface area contributed by atoms with Crippen molar-refractivity contribution in [1.29, 1.82) is 0 Å². The fourth-order valence-corrected chi connectivity index (χ4v) is 6.23. The van der Waals surface area contributed by atoms with Gasteiger partial charge in [0.05, 0.1) is 26.6 Å². The Morgan fingerprint density at radius 3 is 2.56 bits per heavy atom. The molecule has 0 bridgehead atoms. The van der Waals surface area contributed by atoms with Crippen molar-refractivity contribution in [3.05, 3.63) is 87.9 Å². The Morgan fingerprint density at radius 1 is 1.08 bits per heavy atom. The average Bonchev–Trinajstić information content (AvgIpc) is 3.67. The first-order chi connectivity index (χ1) is 17.4. The molecular formula is C24H22N6O4S2. The molecule has 12 heteroatoms. The van der Waals surface area contributed by atoms with E-state index in [1.54, 1.807) is 22.2 Å². The molecule has 1 saturated heterocycles. The Kier molecular flexibility index (Phi) is 6.63. The van der Waals surface area contributed by atoms with E-state index >= 15 is 0 Å². The van der Waals surface area contributed by atoms with Crippen LogP contribution in [-0.2, 0) is 10.0 Å². The van der Waals surface area contributed by atoms with Gasteiger partial charge in [0.1, 0.15) is 11.4 Å². The van der Waals surface area contributed by atoms with Crippen molar-refractivity contribution in [1.82, 2.24) is 14.1 Å². The zero-order chi connectivity index (χ0) is 25.1. The van der Waals surface area contributed by atoms with E-state index in [4.69, 9.17) is 5.10 Å². The van der Waals surface area contributed by atoms with Crippen LogP contribution in [-0.4, -0.2) is 46.7 Å². The van der Waals surface area contributed by atoms with E-state index in [-0.39, 0.29) is 16.3 Å². The van der Waals surface area contributed by atoms with Crippen LogP contribution < -0.4 is 5.43 Å². The molecule has 1 aliphatic heterocycles. The molecule has 1 fully saturated rings. The highest BCUT2D eigenvalue weighted by Gasteiger charge is 2.29. The molecular weight excluding hydrogens is 500 g/mol. The lowest BCUT2D eigenvalue weighted by Gasteiger charge is -2.15. The number of para-hydroxylation sites is 1. The van der Waals surface area contributed by atoms with E-state index in [1.165, 1.54) is 16.4 Å². The van der Waals surface area contributed by atoms with E-state index in [0.717, 1.165) is 35.2 Å². The van der Waals surface area contributed by atoms with Gasteiger partial charge in [0.15, 0.2) is 0 Å². The quantitative estimate of drug-likeness (QED) is 0.203. The largest absolute Gasteiger partial charge is 0.295 e. The van der Waals surface area contributed by atoms with Crippen molar-refractivity contribution >= 4 is 38.9 Å². The first-order valence-corrected chi connectivity index (χ1v) is 13.5. The van der Waals surface area contributed by atoms with Crippen molar-refractivity contribution in [2.45, 2.75) is 17.7 Å². The van der Waals surface area contributed by atoms with Crippen LogP contribution in [0.2, 0.25) is 0 Å². The summed E-state index contributed by atoms with van der Waals surface area (Å²) in [5, 5.41) is 22.6. The maximum atomic E-state index is 12.8. The second-order valence-electron chi connectivity index (χ2n) is 8.11. The van der Waals surface area contributed by atoms with Crippen LogP contribution in [0.4, 0.5) is 11.4 Å². The lowest BCUT2D eigenvalue weighted by atomic mass is 10.2. The van der Waals surface area contributed by atoms with Gasteiger partial charge in [0.25, 0.3) is 5.69 Å². The van der Waals surface area contributed by atoms with Crippen molar-refractivity contribution < 1.29 is 13.3 Å². The van der Waals surface area contributed by atoms with Gasteiger partial charge < -0.3 is 0 Å². The van der Waals surface area contributed by atoms with Crippen LogP contribution in [0.1, 0.15) is 18.4 Å². The van der Waals surface area contributed by atoms with Gasteiger partial charge in [-0.2, -0.15) is 14.5 Å². The fraction of sp³-hybridized carbons (Fsp3) is 0.167. The SMILES string of the molecule is O=[N+]([O-])c1cc(S(=O)(=O)N2CCCC2)ccc1N/N=C\c1cn(-c2ccccc2)nc1-c1cccs1. The predicted molar refractivity (Wildman–Crippen MR) is 139 cm³/mol. The smallest absolute Gasteiger partial charge is 0.272 e. The van der Waals surface area contributed by atoms with Gasteiger partial charge in [-0.05, 0) is 48.6 Å². The van der Waals surface area contributed by atoms with Gasteiger partial charge >= 0.3 is 0 Å². The number of sulfonamides is 1. The van der Waals surface area contributed by atoms with Crippen molar-refractivity contribution in [3.63, 3.8) is 0 Å². The molecule has 3 heterocycles. The number of benzene rings is 2. The topological polar surface area (TPSA) is 123 Å². The molecule has 2 aromatic carbocycles. The van der Waals surface area contributed by atoms with Crippen LogP contribution in [0.15, 0.2) is 82.2 Å². The number of nitrogens with zero attached hydrogens (tertiary/aromatic N) is 5. The number of hydrogen-bond acceptors (Lipinski definition) is 8. The molecule has 4 aromatic rings. The summed E-state index contributed by atoms with van der Waals surface area (Å²) >= 11 is 1.54. The third kappa shape index (κ3) is 4.78. The molecule has 5 rings (SSSR count). The number of nitro groups is 1. The Labute approximate surface area is 211 Å². The molecule has 0 atom stereocenters. The van der Waals surface area contributed by atoms with Gasteiger partial charge in [0.2, 0.25) is 10.0 Å². The van der Waals surface area contributed by atoms with E-state index in [1.807, 2.05) is 54.0 Å². The zero-order valence-electron chi connectivity index (χ0n) is 19.0. The minimum Gasteiger partial charge on any atom is -0.272 e. The summed E-state index contributed by atoms with van der Waals surface area (Å²) in [6, 6.07) is 17.3. The molecule has 0 spiro atoms. The highest BCUT2D eigenvalue weighted by atomic mass is 32.2. The molecule has 36 heavy (non-hydrogen) atoms. The van der Waals surface area contributed by atoms with Crippen molar-refractivity contribution in [2.24, 2.45) is 5.10 Å². The first-order valence-electron chi connectivity index (χ1n) is 11.2. The molecule has 0 unspecified atom stereocenters. The molecule has 0 amide bonds. The van der Waals surface area contributed by atoms with Crippen LogP contribution in [0.25, 0.3) is 16.3 Å². The third-order valence-corrected chi connectivity index (χ3v) is 8.55. The summed E-state index contributed by atoms with van der Waals surface area (Å²) in [6.45, 7) is 0.841. The van der Waals surface area contributed by atoms with Crippen LogP contribution >= 0.6 is 11.3 Å². The van der Waals surface area contributed by atoms with Gasteiger partial charge in [-0.25, -0.2) is 13.1 Å². The molecule has 2 aromatic heterocycles. The monoisotopic (exact) mass is 522 g/mol. The number of thiophene rings is 1. The van der Waals surface area contributed by atoms with E-state index in [2.05, 4.69) is 10.5 Å². The molecule has 1 aliphatic rings. The highest BCUT2D eigenvalue weighted by Crippen LogP contribution is 2.31. The number of rotatable bonds is 8. The maximum Gasteiger partial charge on any atom is 0.295 e. The summed E-state index contributed by atoms with van der Waals surface area (Å²) in [4.78, 5) is 11.9. The molecule has 0 radical (unpaired) electrons. The van der Waals surface area contributed by atoms with Gasteiger partial charge in [0, 0.05) is 30.9 Å². The number of anilines is 1. The summed E-state index contributed by atoms with van der Waals surface area (Å²) in [5.74, 6) is 0. The van der Waals surface area contributed by atoms with E-state index in [9.17, 15) is 18.5 Å². The van der Waals surface area contributed by atoms with Gasteiger partial charge in [-0.15, -0.1) is 11.3 Å². The maximum absolute atomic E-state index is 12.8. The van der Waals surface area contributed by atoms with Crippen molar-refractivity contribution in [2.75, 3.05) is 18.5 Å². The summed E-state index contributed by atoms with van der Waals surface area (Å²) in [7, 11) is -3.78. The zero-order valence-corrected chi connectivity index (χ0v) is 20.7. The van der Waals surface area contributed by atoms with Crippen LogP contribution in [0.3, 0.4) is 0 Å². The van der Waals surface area contributed by atoms with E-state index in [0.29, 0.717) is 18.7 Å². The molecule has 1 N–H and O–H groups in total. The van der Waals surface area contributed by atoms with Gasteiger partial charge in [-0.3, -0.25) is 15.5 Å². The average molecular weight is 523 g/mol. The summed E-state index contributed by atoms with van der Waals surface area (Å²) in [5.41, 5.74) is 4.74. The lowest BCUT2D eigenvalue weighted by molar-refractivity contribution is -0.384. The number of nitro benzene ring substituents is 1. The number of hydrazone groups is 1. The number of hydrogen-bond donors (Lipinski definition) is 1. The first kappa shape index (κ1) is 23.9. The molecule has 10 nitrogen and oxygen atoms in total. The Hall–Kier alpha value is -3.87. The predicted octanol–water partition coefficient (Wildman–Crippen LogP) is 4.74. The van der Waals surface area contributed by atoms with Crippen molar-refractivity contribution in [3.8, 4) is 16.3 Å². The number of aromatic nitrogens is 2. The Balaban J connectivity index is 1.43. The highest BCUT2D eigenvalue weighted by molar-refractivity contribution is 7.89. The van der Waals surface area contributed by atoms with Crippen LogP contribution in [0, 0.1) is 10.1 Å². The fourth-order valence-electron chi connectivity index (χ4n) is 3.97. The lowest BCUT2D eigenvalue weighted by Crippen LogP contribution is -2.27. The van der Waals surface area contributed by atoms with E-state index < -0.39 is 14.9 Å². The Bertz CT molecular complexity index is 1510. The minimum absolute atomic E-state index is 0.0877. The normalized spacial score (nSPS) is 14.4. The third-order valence-electron chi connectivity index (χ3n) is 5.78. The standard InChI is InChI=1S/C24H22N6O4S2/c31-30(32)22-15-20(36(33,34)28-12-4-5-13-28)10-11-21(22)26-25-16-18-17-29(19-7-2-1-3-8-19)27-24(18)23-9-6-14-35-23/h1-3,6-11,14-17,26H,4-5,12-13H2/b25-16-. The molecule has 0 aliphatic carbocycles. The molecule has 0 saturated carbocycles. The van der Waals surface area contributed by atoms with Crippen LogP contribution in [0.5, 0.6) is 0 Å².